The van der Waals surface area contributed by atoms with Gasteiger partial charge in [0.25, 0.3) is 0 Å². The molecule has 3 heteroatoms. The lowest BCUT2D eigenvalue weighted by atomic mass is 9.90. The minimum Gasteiger partial charge on any atom is -0.398 e. The molecule has 1 aromatic carbocycles. The van der Waals surface area contributed by atoms with Crippen LogP contribution in [0.25, 0.3) is 5.70 Å². The van der Waals surface area contributed by atoms with Crippen LogP contribution in [0.15, 0.2) is 30.3 Å². The van der Waals surface area contributed by atoms with Crippen molar-refractivity contribution < 1.29 is 10.2 Å². The molecule has 2 rings (SSSR count). The summed E-state index contributed by atoms with van der Waals surface area (Å²) in [7, 11) is 0. The predicted octanol–water partition coefficient (Wildman–Crippen LogP) is 0.527. The van der Waals surface area contributed by atoms with E-state index in [0.717, 1.165) is 0 Å². The Kier molecular flexibility index (Phi) is 1.65. The number of benzene rings is 1. The third kappa shape index (κ3) is 1.22. The van der Waals surface area contributed by atoms with E-state index in [2.05, 4.69) is 0 Å². The van der Waals surface area contributed by atoms with Gasteiger partial charge >= 0.3 is 0 Å². The average molecular weight is 177 g/mol. The molecular formula is C10H11NO2. The molecule has 3 nitrogen and oxygen atoms in total. The summed E-state index contributed by atoms with van der Waals surface area (Å²) in [6, 6.07) is 7.04. The van der Waals surface area contributed by atoms with E-state index in [1.54, 1.807) is 24.3 Å². The first-order chi connectivity index (χ1) is 6.11. The first kappa shape index (κ1) is 8.29. The fourth-order valence-corrected chi connectivity index (χ4v) is 1.56. The summed E-state index contributed by atoms with van der Waals surface area (Å²) in [6.45, 7) is 0. The highest BCUT2D eigenvalue weighted by atomic mass is 16.5. The van der Waals surface area contributed by atoms with Crippen LogP contribution in [0.3, 0.4) is 0 Å². The molecule has 0 amide bonds. The molecule has 0 saturated carbocycles. The zero-order valence-electron chi connectivity index (χ0n) is 7.07. The lowest BCUT2D eigenvalue weighted by Crippen LogP contribution is -2.29. The number of nitrogens with two attached hydrogens (primary N) is 1. The van der Waals surface area contributed by atoms with E-state index in [1.807, 2.05) is 6.07 Å². The van der Waals surface area contributed by atoms with E-state index in [1.165, 1.54) is 0 Å². The quantitative estimate of drug-likeness (QED) is 0.506. The molecule has 0 saturated heterocycles. The smallest absolute Gasteiger partial charge is 0.194 e. The maximum Gasteiger partial charge on any atom is 0.194 e. The minimum absolute atomic E-state index is 0.149. The molecule has 0 radical (unpaired) electrons. The molecule has 0 spiro atoms. The predicted molar refractivity (Wildman–Crippen MR) is 49.3 cm³/mol. The summed E-state index contributed by atoms with van der Waals surface area (Å²) in [5, 5.41) is 19.2. The largest absolute Gasteiger partial charge is 0.398 e. The molecule has 0 aromatic heterocycles. The van der Waals surface area contributed by atoms with Gasteiger partial charge in [-0.25, -0.2) is 0 Å². The van der Waals surface area contributed by atoms with Crippen LogP contribution in [0.4, 0.5) is 0 Å². The van der Waals surface area contributed by atoms with Crippen LogP contribution < -0.4 is 5.73 Å². The second-order valence-electron chi connectivity index (χ2n) is 3.23. The summed E-state index contributed by atoms with van der Waals surface area (Å²) >= 11 is 0. The zero-order chi connectivity index (χ0) is 9.47. The molecule has 4 N–H and O–H groups in total. The molecule has 1 aliphatic carbocycles. The first-order valence-electron chi connectivity index (χ1n) is 4.11. The van der Waals surface area contributed by atoms with Crippen LogP contribution >= 0.6 is 0 Å². The molecule has 0 unspecified atom stereocenters. The van der Waals surface area contributed by atoms with E-state index in [-0.39, 0.29) is 6.42 Å². The Bertz CT molecular complexity index is 369. The van der Waals surface area contributed by atoms with Crippen molar-refractivity contribution in [2.75, 3.05) is 0 Å². The van der Waals surface area contributed by atoms with Crippen LogP contribution in [-0.4, -0.2) is 10.2 Å². The number of hydrogen-bond acceptors (Lipinski definition) is 3. The monoisotopic (exact) mass is 177 g/mol. The Balaban J connectivity index is 2.64. The summed E-state index contributed by atoms with van der Waals surface area (Å²) < 4.78 is 0. The maximum absolute atomic E-state index is 9.60. The van der Waals surface area contributed by atoms with E-state index >= 15 is 0 Å². The molecular weight excluding hydrogens is 166 g/mol. The molecule has 1 aliphatic rings. The fraction of sp³-hybridized carbons (Fsp3) is 0.200. The van der Waals surface area contributed by atoms with Crippen molar-refractivity contribution in [3.63, 3.8) is 0 Å². The van der Waals surface area contributed by atoms with Crippen molar-refractivity contribution in [3.8, 4) is 0 Å². The van der Waals surface area contributed by atoms with Crippen molar-refractivity contribution in [1.29, 1.82) is 0 Å². The van der Waals surface area contributed by atoms with Crippen molar-refractivity contribution in [2.45, 2.75) is 12.2 Å². The van der Waals surface area contributed by atoms with Gasteiger partial charge in [0.15, 0.2) is 5.79 Å². The lowest BCUT2D eigenvalue weighted by Gasteiger charge is -2.27. The second kappa shape index (κ2) is 2.58. The van der Waals surface area contributed by atoms with Crippen molar-refractivity contribution in [2.24, 2.45) is 5.73 Å². The summed E-state index contributed by atoms with van der Waals surface area (Å²) in [5.41, 5.74) is 7.50. The van der Waals surface area contributed by atoms with Gasteiger partial charge in [-0.3, -0.25) is 0 Å². The van der Waals surface area contributed by atoms with Gasteiger partial charge in [0, 0.05) is 23.2 Å². The normalized spacial score (nSPS) is 19.1. The Morgan fingerprint density at radius 1 is 1.23 bits per heavy atom. The number of hydrogen-bond donors (Lipinski definition) is 3. The van der Waals surface area contributed by atoms with Gasteiger partial charge in [0.05, 0.1) is 0 Å². The van der Waals surface area contributed by atoms with Gasteiger partial charge in [-0.1, -0.05) is 30.3 Å². The molecule has 0 fully saturated rings. The second-order valence-corrected chi connectivity index (χ2v) is 3.23. The Hall–Kier alpha value is -1.32. The highest BCUT2D eigenvalue weighted by Crippen LogP contribution is 2.33. The van der Waals surface area contributed by atoms with Crippen molar-refractivity contribution in [3.05, 3.63) is 41.5 Å². The third-order valence-electron chi connectivity index (χ3n) is 2.28. The molecule has 68 valence electrons. The maximum atomic E-state index is 9.60. The first-order valence-corrected chi connectivity index (χ1v) is 4.11. The van der Waals surface area contributed by atoms with Crippen LogP contribution in [0, 0.1) is 0 Å². The number of aliphatic hydroxyl groups is 2. The molecule has 0 atom stereocenters. The molecule has 1 aromatic rings. The van der Waals surface area contributed by atoms with E-state index in [9.17, 15) is 10.2 Å². The lowest BCUT2D eigenvalue weighted by molar-refractivity contribution is -0.167. The highest BCUT2D eigenvalue weighted by molar-refractivity contribution is 5.68. The topological polar surface area (TPSA) is 66.5 Å². The van der Waals surface area contributed by atoms with Crippen molar-refractivity contribution >= 4 is 5.70 Å². The molecule has 0 heterocycles. The van der Waals surface area contributed by atoms with E-state index < -0.39 is 5.79 Å². The van der Waals surface area contributed by atoms with Gasteiger partial charge in [0.2, 0.25) is 0 Å². The van der Waals surface area contributed by atoms with Crippen LogP contribution in [0.2, 0.25) is 0 Å². The third-order valence-corrected chi connectivity index (χ3v) is 2.28. The summed E-state index contributed by atoms with van der Waals surface area (Å²) in [4.78, 5) is 0. The highest BCUT2D eigenvalue weighted by Gasteiger charge is 2.30. The van der Waals surface area contributed by atoms with Crippen LogP contribution in [-0.2, 0) is 5.79 Å². The Labute approximate surface area is 76.1 Å². The van der Waals surface area contributed by atoms with Gasteiger partial charge in [-0.2, -0.15) is 0 Å². The standard InChI is InChI=1S/C10H11NO2/c11-9-5-6-10(12,13)8-4-2-1-3-7(8)9/h1-5,12-13H,6,11H2. The summed E-state index contributed by atoms with van der Waals surface area (Å²) in [5.74, 6) is -1.76. The van der Waals surface area contributed by atoms with E-state index in [4.69, 9.17) is 5.73 Å². The zero-order valence-corrected chi connectivity index (χ0v) is 7.07. The average Bonchev–Trinajstić information content (AvgIpc) is 2.13. The van der Waals surface area contributed by atoms with Gasteiger partial charge in [-0.15, -0.1) is 0 Å². The van der Waals surface area contributed by atoms with Gasteiger partial charge in [0.1, 0.15) is 0 Å². The van der Waals surface area contributed by atoms with Gasteiger partial charge in [-0.05, 0) is 0 Å². The fourth-order valence-electron chi connectivity index (χ4n) is 1.56. The number of fused-ring (bicyclic) bond motifs is 1. The Morgan fingerprint density at radius 3 is 2.62 bits per heavy atom. The van der Waals surface area contributed by atoms with Crippen molar-refractivity contribution in [1.82, 2.24) is 0 Å². The SMILES string of the molecule is NC1=CCC(O)(O)c2ccccc21. The number of rotatable bonds is 0. The molecule has 0 bridgehead atoms. The Morgan fingerprint density at radius 2 is 1.92 bits per heavy atom. The molecule has 13 heavy (non-hydrogen) atoms. The summed E-state index contributed by atoms with van der Waals surface area (Å²) in [6.07, 6.45) is 1.78. The van der Waals surface area contributed by atoms with Crippen LogP contribution in [0.1, 0.15) is 17.5 Å². The van der Waals surface area contributed by atoms with Crippen LogP contribution in [0.5, 0.6) is 0 Å². The van der Waals surface area contributed by atoms with Gasteiger partial charge < -0.3 is 15.9 Å². The molecule has 0 aliphatic heterocycles. The van der Waals surface area contributed by atoms with E-state index in [0.29, 0.717) is 16.8 Å². The minimum atomic E-state index is -1.76.